The number of rotatable bonds is 5. The van der Waals surface area contributed by atoms with E-state index in [1.807, 2.05) is 0 Å². The van der Waals surface area contributed by atoms with Gasteiger partial charge in [0, 0.05) is 17.3 Å². The molecule has 0 spiro atoms. The van der Waals surface area contributed by atoms with E-state index >= 15 is 0 Å². The Bertz CT molecular complexity index is 369. The molecule has 94 valence electrons. The average molecular weight is 266 g/mol. The van der Waals surface area contributed by atoms with E-state index in [9.17, 15) is 13.2 Å². The highest BCUT2D eigenvalue weighted by molar-refractivity contribution is 8.01. The first-order valence-electron chi connectivity index (χ1n) is 5.11. The van der Waals surface area contributed by atoms with Gasteiger partial charge < -0.3 is 11.5 Å². The van der Waals surface area contributed by atoms with Crippen LogP contribution in [-0.2, 0) is 14.6 Å². The van der Waals surface area contributed by atoms with Gasteiger partial charge in [-0.25, -0.2) is 8.42 Å². The van der Waals surface area contributed by atoms with Crippen molar-refractivity contribution in [1.82, 2.24) is 0 Å². The van der Waals surface area contributed by atoms with Crippen LogP contribution >= 0.6 is 11.8 Å². The van der Waals surface area contributed by atoms with Crippen molar-refractivity contribution in [2.45, 2.75) is 30.1 Å². The summed E-state index contributed by atoms with van der Waals surface area (Å²) in [6.07, 6.45) is 3.20. The van der Waals surface area contributed by atoms with Crippen molar-refractivity contribution in [3.63, 3.8) is 0 Å². The highest BCUT2D eigenvalue weighted by atomic mass is 32.2. The number of carbonyl (C=O) groups excluding carboxylic acids is 1. The SMILES string of the molecule is CS(=O)(=O)CCSC1CCC(N)(C(N)=O)C1. The van der Waals surface area contributed by atoms with E-state index in [1.54, 1.807) is 11.8 Å². The van der Waals surface area contributed by atoms with Gasteiger partial charge in [0.05, 0.1) is 11.3 Å². The zero-order chi connectivity index (χ0) is 12.4. The molecule has 0 heterocycles. The van der Waals surface area contributed by atoms with Crippen LogP contribution in [0.5, 0.6) is 0 Å². The molecular weight excluding hydrogens is 248 g/mol. The maximum Gasteiger partial charge on any atom is 0.237 e. The van der Waals surface area contributed by atoms with Gasteiger partial charge in [-0.15, -0.1) is 0 Å². The van der Waals surface area contributed by atoms with Gasteiger partial charge in [0.25, 0.3) is 0 Å². The number of amides is 1. The van der Waals surface area contributed by atoms with Crippen molar-refractivity contribution >= 4 is 27.5 Å². The van der Waals surface area contributed by atoms with Gasteiger partial charge >= 0.3 is 0 Å². The molecule has 0 aromatic heterocycles. The molecule has 0 bridgehead atoms. The first-order valence-corrected chi connectivity index (χ1v) is 8.22. The summed E-state index contributed by atoms with van der Waals surface area (Å²) in [5, 5.41) is 0.249. The van der Waals surface area contributed by atoms with E-state index in [0.29, 0.717) is 18.6 Å². The van der Waals surface area contributed by atoms with Crippen LogP contribution in [0.25, 0.3) is 0 Å². The number of nitrogens with two attached hydrogens (primary N) is 2. The molecule has 0 radical (unpaired) electrons. The number of hydrogen-bond acceptors (Lipinski definition) is 5. The Morgan fingerprint density at radius 3 is 2.62 bits per heavy atom. The van der Waals surface area contributed by atoms with Crippen LogP contribution in [0.3, 0.4) is 0 Å². The second-order valence-electron chi connectivity index (χ2n) is 4.39. The van der Waals surface area contributed by atoms with Crippen LogP contribution < -0.4 is 11.5 Å². The summed E-state index contributed by atoms with van der Waals surface area (Å²) in [6, 6.07) is 0. The Balaban J connectivity index is 2.35. The third-order valence-electron chi connectivity index (χ3n) is 2.80. The lowest BCUT2D eigenvalue weighted by Gasteiger charge is -2.19. The molecule has 1 amide bonds. The van der Waals surface area contributed by atoms with E-state index in [0.717, 1.165) is 6.42 Å². The lowest BCUT2D eigenvalue weighted by Crippen LogP contribution is -2.50. The fourth-order valence-electron chi connectivity index (χ4n) is 1.76. The largest absolute Gasteiger partial charge is 0.368 e. The quantitative estimate of drug-likeness (QED) is 0.698. The normalized spacial score (nSPS) is 30.5. The fraction of sp³-hybridized carbons (Fsp3) is 0.889. The molecule has 2 atom stereocenters. The summed E-state index contributed by atoms with van der Waals surface area (Å²) in [4.78, 5) is 11.1. The van der Waals surface area contributed by atoms with Gasteiger partial charge in [0.15, 0.2) is 0 Å². The third kappa shape index (κ3) is 3.95. The molecule has 4 N–H and O–H groups in total. The van der Waals surface area contributed by atoms with Crippen molar-refractivity contribution in [2.24, 2.45) is 11.5 Å². The zero-order valence-corrected chi connectivity index (χ0v) is 10.9. The maximum atomic E-state index is 11.1. The molecule has 7 heteroatoms. The Morgan fingerprint density at radius 1 is 1.56 bits per heavy atom. The van der Waals surface area contributed by atoms with E-state index in [2.05, 4.69) is 0 Å². The molecule has 5 nitrogen and oxygen atoms in total. The molecule has 0 aliphatic heterocycles. The summed E-state index contributed by atoms with van der Waals surface area (Å²) in [5.74, 6) is 0.263. The first kappa shape index (κ1) is 13.8. The number of hydrogen-bond donors (Lipinski definition) is 2. The molecule has 0 saturated heterocycles. The highest BCUT2D eigenvalue weighted by Crippen LogP contribution is 2.35. The van der Waals surface area contributed by atoms with Crippen molar-refractivity contribution in [3.8, 4) is 0 Å². The Kier molecular flexibility index (Phi) is 4.25. The summed E-state index contributed by atoms with van der Waals surface area (Å²) < 4.78 is 21.9. The maximum absolute atomic E-state index is 11.1. The lowest BCUT2D eigenvalue weighted by molar-refractivity contribution is -0.122. The Morgan fingerprint density at radius 2 is 2.19 bits per heavy atom. The smallest absolute Gasteiger partial charge is 0.237 e. The second-order valence-corrected chi connectivity index (χ2v) is 8.05. The number of thioether (sulfide) groups is 1. The van der Waals surface area contributed by atoms with Crippen LogP contribution in [-0.4, -0.2) is 42.9 Å². The molecule has 1 aliphatic rings. The Hall–Kier alpha value is -0.270. The van der Waals surface area contributed by atoms with Crippen molar-refractivity contribution in [1.29, 1.82) is 0 Å². The predicted molar refractivity (Wildman–Crippen MR) is 65.9 cm³/mol. The van der Waals surface area contributed by atoms with Crippen LogP contribution in [0.4, 0.5) is 0 Å². The minimum atomic E-state index is -2.90. The van der Waals surface area contributed by atoms with Gasteiger partial charge in [0.1, 0.15) is 9.84 Å². The van der Waals surface area contributed by atoms with Crippen molar-refractivity contribution in [3.05, 3.63) is 0 Å². The molecule has 16 heavy (non-hydrogen) atoms. The van der Waals surface area contributed by atoms with E-state index < -0.39 is 21.3 Å². The molecule has 0 aromatic rings. The Labute approximate surface area is 100 Å². The van der Waals surface area contributed by atoms with Gasteiger partial charge in [-0.2, -0.15) is 11.8 Å². The minimum absolute atomic E-state index is 0.169. The second kappa shape index (κ2) is 4.93. The molecule has 1 fully saturated rings. The highest BCUT2D eigenvalue weighted by Gasteiger charge is 2.40. The topological polar surface area (TPSA) is 103 Å². The van der Waals surface area contributed by atoms with Crippen LogP contribution in [0, 0.1) is 0 Å². The van der Waals surface area contributed by atoms with Gasteiger partial charge in [-0.3, -0.25) is 4.79 Å². The number of carbonyl (C=O) groups is 1. The zero-order valence-electron chi connectivity index (χ0n) is 9.31. The minimum Gasteiger partial charge on any atom is -0.368 e. The van der Waals surface area contributed by atoms with Crippen LogP contribution in [0.1, 0.15) is 19.3 Å². The molecule has 1 saturated carbocycles. The molecule has 1 aliphatic carbocycles. The summed E-state index contributed by atoms with van der Waals surface area (Å²) in [5.41, 5.74) is 10.2. The van der Waals surface area contributed by atoms with E-state index in [4.69, 9.17) is 11.5 Å². The van der Waals surface area contributed by atoms with Crippen molar-refractivity contribution < 1.29 is 13.2 Å². The van der Waals surface area contributed by atoms with E-state index in [1.165, 1.54) is 6.26 Å². The number of sulfone groups is 1. The molecule has 2 unspecified atom stereocenters. The third-order valence-corrected chi connectivity index (χ3v) is 5.32. The molecular formula is C9H18N2O3S2. The molecule has 0 aromatic carbocycles. The lowest BCUT2D eigenvalue weighted by atomic mass is 9.99. The van der Waals surface area contributed by atoms with Gasteiger partial charge in [-0.1, -0.05) is 0 Å². The standard InChI is InChI=1S/C9H18N2O3S2/c1-16(13,14)5-4-15-7-2-3-9(11,6-7)8(10)12/h7H,2-6,11H2,1H3,(H2,10,12). The summed E-state index contributed by atoms with van der Waals surface area (Å²) >= 11 is 1.56. The van der Waals surface area contributed by atoms with Crippen LogP contribution in [0.15, 0.2) is 0 Å². The molecule has 1 rings (SSSR count). The predicted octanol–water partition coefficient (Wildman–Crippen LogP) is -0.500. The van der Waals surface area contributed by atoms with Gasteiger partial charge in [0.2, 0.25) is 5.91 Å². The number of primary amides is 1. The van der Waals surface area contributed by atoms with Gasteiger partial charge in [-0.05, 0) is 19.3 Å². The summed E-state index contributed by atoms with van der Waals surface area (Å²) in [6.45, 7) is 0. The fourth-order valence-corrected chi connectivity index (χ4v) is 4.39. The van der Waals surface area contributed by atoms with Crippen LogP contribution in [0.2, 0.25) is 0 Å². The van der Waals surface area contributed by atoms with Crippen molar-refractivity contribution in [2.75, 3.05) is 17.8 Å². The average Bonchev–Trinajstić information content (AvgIpc) is 2.47. The first-order chi connectivity index (χ1) is 7.23. The summed E-state index contributed by atoms with van der Waals surface area (Å²) in [7, 11) is -2.90. The monoisotopic (exact) mass is 266 g/mol. The van der Waals surface area contributed by atoms with E-state index in [-0.39, 0.29) is 11.0 Å².